The highest BCUT2D eigenvalue weighted by molar-refractivity contribution is 9.10. The van der Waals surface area contributed by atoms with Crippen LogP contribution in [0.2, 0.25) is 0 Å². The van der Waals surface area contributed by atoms with Gasteiger partial charge in [0.05, 0.1) is 19.3 Å². The molecule has 1 aliphatic heterocycles. The Kier molecular flexibility index (Phi) is 3.76. The molecule has 1 aromatic rings. The third-order valence-electron chi connectivity index (χ3n) is 2.21. The summed E-state index contributed by atoms with van der Waals surface area (Å²) in [5, 5.41) is 4.81. The summed E-state index contributed by atoms with van der Waals surface area (Å²) in [6.45, 7) is 3.05. The van der Waals surface area contributed by atoms with Gasteiger partial charge in [-0.2, -0.15) is 0 Å². The van der Waals surface area contributed by atoms with Gasteiger partial charge < -0.3 is 10.1 Å². The molecule has 1 atom stereocenters. The van der Waals surface area contributed by atoms with E-state index < -0.39 is 0 Å². The molecule has 16 heavy (non-hydrogen) atoms. The number of hydrogen-bond donors (Lipinski definition) is 1. The Hall–Kier alpha value is -0.680. The monoisotopic (exact) mass is 300 g/mol. The number of ether oxygens (including phenoxy) is 1. The predicted molar refractivity (Wildman–Crippen MR) is 73.7 cm³/mol. The molecule has 0 aliphatic carbocycles. The molecule has 2 rings (SSSR count). The van der Waals surface area contributed by atoms with Crippen LogP contribution in [0, 0.1) is 0 Å². The van der Waals surface area contributed by atoms with Crippen molar-refractivity contribution in [2.24, 2.45) is 4.99 Å². The Bertz CT molecular complexity index is 422. The van der Waals surface area contributed by atoms with Crippen molar-refractivity contribution in [1.29, 1.82) is 0 Å². The lowest BCUT2D eigenvalue weighted by Gasteiger charge is -2.11. The summed E-state index contributed by atoms with van der Waals surface area (Å²) in [5.41, 5.74) is 0.942. The van der Waals surface area contributed by atoms with Crippen LogP contribution in [0.1, 0.15) is 6.92 Å². The summed E-state index contributed by atoms with van der Waals surface area (Å²) in [6.07, 6.45) is 0. The van der Waals surface area contributed by atoms with E-state index in [0.717, 1.165) is 27.6 Å². The Morgan fingerprint density at radius 1 is 1.56 bits per heavy atom. The van der Waals surface area contributed by atoms with Crippen LogP contribution in [-0.4, -0.2) is 24.1 Å². The quantitative estimate of drug-likeness (QED) is 0.909. The van der Waals surface area contributed by atoms with Crippen LogP contribution in [0.3, 0.4) is 0 Å². The molecule has 1 aliphatic rings. The average Bonchev–Trinajstić information content (AvgIpc) is 2.64. The molecule has 86 valence electrons. The number of nitrogens with one attached hydrogen (secondary N) is 1. The molecule has 1 heterocycles. The lowest BCUT2D eigenvalue weighted by atomic mass is 10.3. The number of amidine groups is 1. The number of benzene rings is 1. The second kappa shape index (κ2) is 5.10. The Morgan fingerprint density at radius 3 is 3.00 bits per heavy atom. The van der Waals surface area contributed by atoms with Gasteiger partial charge in [0.15, 0.2) is 5.17 Å². The topological polar surface area (TPSA) is 33.6 Å². The van der Waals surface area contributed by atoms with Gasteiger partial charge in [-0.25, -0.2) is 0 Å². The summed E-state index contributed by atoms with van der Waals surface area (Å²) >= 11 is 5.20. The van der Waals surface area contributed by atoms with Crippen LogP contribution < -0.4 is 10.1 Å². The fourth-order valence-electron chi connectivity index (χ4n) is 1.44. The van der Waals surface area contributed by atoms with Crippen LogP contribution in [0.15, 0.2) is 27.7 Å². The maximum Gasteiger partial charge on any atom is 0.161 e. The van der Waals surface area contributed by atoms with E-state index in [1.807, 2.05) is 18.2 Å². The first-order chi connectivity index (χ1) is 7.69. The molecule has 3 nitrogen and oxygen atoms in total. The van der Waals surface area contributed by atoms with E-state index in [9.17, 15) is 0 Å². The molecule has 5 heteroatoms. The van der Waals surface area contributed by atoms with Crippen molar-refractivity contribution >= 4 is 38.5 Å². The van der Waals surface area contributed by atoms with Crippen molar-refractivity contribution in [3.05, 3.63) is 22.7 Å². The number of thioether (sulfide) groups is 1. The van der Waals surface area contributed by atoms with Gasteiger partial charge in [-0.3, -0.25) is 4.99 Å². The summed E-state index contributed by atoms with van der Waals surface area (Å²) < 4.78 is 6.31. The van der Waals surface area contributed by atoms with Crippen molar-refractivity contribution in [2.75, 3.05) is 19.0 Å². The standard InChI is InChI=1S/C11H13BrN2OS/c1-7-6-13-11(16-7)14-9-5-8(12)3-4-10(9)15-2/h3-5,7H,6H2,1-2H3,(H,13,14). The molecule has 0 fully saturated rings. The smallest absolute Gasteiger partial charge is 0.161 e. The van der Waals surface area contributed by atoms with E-state index in [1.54, 1.807) is 18.9 Å². The van der Waals surface area contributed by atoms with Gasteiger partial charge in [0.2, 0.25) is 0 Å². The minimum Gasteiger partial charge on any atom is -0.495 e. The van der Waals surface area contributed by atoms with Gasteiger partial charge in [-0.05, 0) is 18.2 Å². The number of aliphatic imine (C=N–C) groups is 1. The van der Waals surface area contributed by atoms with E-state index in [0.29, 0.717) is 5.25 Å². The number of rotatable bonds is 2. The first kappa shape index (κ1) is 11.8. The molecule has 0 aromatic heterocycles. The lowest BCUT2D eigenvalue weighted by molar-refractivity contribution is 0.417. The van der Waals surface area contributed by atoms with E-state index in [1.165, 1.54) is 0 Å². The number of hydrogen-bond acceptors (Lipinski definition) is 4. The van der Waals surface area contributed by atoms with E-state index in [2.05, 4.69) is 33.2 Å². The molecule has 1 aromatic carbocycles. The van der Waals surface area contributed by atoms with Gasteiger partial charge >= 0.3 is 0 Å². The second-order valence-electron chi connectivity index (χ2n) is 3.54. The molecular weight excluding hydrogens is 288 g/mol. The minimum atomic E-state index is 0.556. The van der Waals surface area contributed by atoms with Crippen LogP contribution >= 0.6 is 27.7 Å². The van der Waals surface area contributed by atoms with Crippen molar-refractivity contribution in [1.82, 2.24) is 0 Å². The average molecular weight is 301 g/mol. The molecule has 1 N–H and O–H groups in total. The minimum absolute atomic E-state index is 0.556. The molecule has 0 saturated heterocycles. The van der Waals surface area contributed by atoms with Crippen LogP contribution in [0.25, 0.3) is 0 Å². The van der Waals surface area contributed by atoms with Crippen molar-refractivity contribution in [2.45, 2.75) is 12.2 Å². The van der Waals surface area contributed by atoms with Gasteiger partial charge in [-0.1, -0.05) is 34.6 Å². The third-order valence-corrected chi connectivity index (χ3v) is 3.71. The van der Waals surface area contributed by atoms with E-state index >= 15 is 0 Å². The third kappa shape index (κ3) is 2.71. The lowest BCUT2D eigenvalue weighted by Crippen LogP contribution is -2.07. The molecule has 0 bridgehead atoms. The van der Waals surface area contributed by atoms with Gasteiger partial charge in [0.25, 0.3) is 0 Å². The normalized spacial score (nSPS) is 19.4. The number of anilines is 1. The second-order valence-corrected chi connectivity index (χ2v) is 5.89. The van der Waals surface area contributed by atoms with Gasteiger partial charge in [0.1, 0.15) is 5.75 Å². The largest absolute Gasteiger partial charge is 0.495 e. The van der Waals surface area contributed by atoms with Crippen molar-refractivity contribution < 1.29 is 4.74 Å². The molecule has 0 amide bonds. The molecule has 0 spiro atoms. The highest BCUT2D eigenvalue weighted by atomic mass is 79.9. The number of nitrogens with zero attached hydrogens (tertiary/aromatic N) is 1. The first-order valence-corrected chi connectivity index (χ1v) is 6.68. The van der Waals surface area contributed by atoms with Crippen molar-refractivity contribution in [3.8, 4) is 5.75 Å². The zero-order valence-electron chi connectivity index (χ0n) is 9.16. The van der Waals surface area contributed by atoms with E-state index in [4.69, 9.17) is 4.74 Å². The van der Waals surface area contributed by atoms with Crippen LogP contribution in [0.4, 0.5) is 5.69 Å². The van der Waals surface area contributed by atoms with Crippen LogP contribution in [0.5, 0.6) is 5.75 Å². The fourth-order valence-corrected chi connectivity index (χ4v) is 2.65. The first-order valence-electron chi connectivity index (χ1n) is 5.00. The maximum absolute atomic E-state index is 5.29. The Labute approximate surface area is 108 Å². The fraction of sp³-hybridized carbons (Fsp3) is 0.364. The summed E-state index contributed by atoms with van der Waals surface area (Å²) in [5.74, 6) is 0.825. The van der Waals surface area contributed by atoms with Crippen LogP contribution in [-0.2, 0) is 0 Å². The molecular formula is C11H13BrN2OS. The molecule has 0 saturated carbocycles. The predicted octanol–water partition coefficient (Wildman–Crippen LogP) is 3.36. The van der Waals surface area contributed by atoms with Gasteiger partial charge in [0, 0.05) is 9.72 Å². The zero-order valence-corrected chi connectivity index (χ0v) is 11.6. The summed E-state index contributed by atoms with van der Waals surface area (Å²) in [7, 11) is 1.67. The molecule has 0 radical (unpaired) electrons. The van der Waals surface area contributed by atoms with Gasteiger partial charge in [-0.15, -0.1) is 0 Å². The molecule has 1 unspecified atom stereocenters. The zero-order chi connectivity index (χ0) is 11.5. The highest BCUT2D eigenvalue weighted by Gasteiger charge is 2.16. The SMILES string of the molecule is COc1ccc(Br)cc1NC1=NCC(C)S1. The van der Waals surface area contributed by atoms with Crippen molar-refractivity contribution in [3.63, 3.8) is 0 Å². The highest BCUT2D eigenvalue weighted by Crippen LogP contribution is 2.30. The summed E-state index contributed by atoms with van der Waals surface area (Å²) in [4.78, 5) is 4.41. The maximum atomic E-state index is 5.29. The Balaban J connectivity index is 2.17. The number of methoxy groups -OCH3 is 1. The number of halogens is 1. The van der Waals surface area contributed by atoms with E-state index in [-0.39, 0.29) is 0 Å². The summed E-state index contributed by atoms with van der Waals surface area (Å²) in [6, 6.07) is 5.87. The Morgan fingerprint density at radius 2 is 2.38 bits per heavy atom.